The molecule has 0 amide bonds. The van der Waals surface area contributed by atoms with E-state index >= 15 is 0 Å². The minimum absolute atomic E-state index is 0.175. The highest BCUT2D eigenvalue weighted by Crippen LogP contribution is 2.48. The van der Waals surface area contributed by atoms with E-state index in [9.17, 15) is 50.8 Å². The van der Waals surface area contributed by atoms with Crippen molar-refractivity contribution in [3.05, 3.63) is 22.8 Å². The van der Waals surface area contributed by atoms with Crippen LogP contribution in [-0.4, -0.2) is 114 Å². The summed E-state index contributed by atoms with van der Waals surface area (Å²) in [7, 11) is 1.12. The zero-order valence-corrected chi connectivity index (χ0v) is 17.7. The molecule has 0 bridgehead atoms. The van der Waals surface area contributed by atoms with Crippen LogP contribution in [0.5, 0.6) is 11.5 Å². The van der Waals surface area contributed by atoms with Gasteiger partial charge in [-0.25, -0.2) is 4.79 Å². The van der Waals surface area contributed by atoms with Crippen molar-refractivity contribution < 1.29 is 65.0 Å². The molecule has 2 heterocycles. The molecule has 2 aliphatic heterocycles. The maximum absolute atomic E-state index is 12.1. The molecule has 0 spiro atoms. The normalized spacial score (nSPS) is 39.3. The second-order valence-corrected chi connectivity index (χ2v) is 8.10. The van der Waals surface area contributed by atoms with Gasteiger partial charge in [-0.15, -0.1) is 0 Å². The number of methoxy groups -OCH3 is 1. The largest absolute Gasteiger partial charge is 0.504 e. The predicted octanol–water partition coefficient (Wildman–Crippen LogP) is -2.84. The molecule has 13 heteroatoms. The molecular weight excluding hydrogens is 448 g/mol. The number of hydrogen-bond acceptors (Lipinski definition) is 12. The number of carboxylic acids is 1. The van der Waals surface area contributed by atoms with Crippen molar-refractivity contribution in [1.82, 2.24) is 0 Å². The zero-order chi connectivity index (χ0) is 24.8. The summed E-state index contributed by atoms with van der Waals surface area (Å²) in [5.41, 5.74) is -1.32. The van der Waals surface area contributed by atoms with Crippen LogP contribution in [0.15, 0.2) is 6.07 Å². The highest BCUT2D eigenvalue weighted by atomic mass is 16.6. The maximum Gasteiger partial charge on any atom is 0.336 e. The molecule has 0 saturated carbocycles. The Balaban J connectivity index is 2.17. The predicted molar refractivity (Wildman–Crippen MR) is 106 cm³/mol. The number of carboxylic acid groups (broad SMARTS) is 1. The summed E-state index contributed by atoms with van der Waals surface area (Å²) < 4.78 is 16.1. The lowest BCUT2D eigenvalue weighted by Crippen LogP contribution is -2.55. The molecular formula is C20H28O13. The van der Waals surface area contributed by atoms with E-state index in [4.69, 9.17) is 14.2 Å². The first kappa shape index (κ1) is 25.6. The summed E-state index contributed by atoms with van der Waals surface area (Å²) in [5, 5.41) is 91.2. The van der Waals surface area contributed by atoms with Crippen LogP contribution in [0.25, 0.3) is 0 Å². The van der Waals surface area contributed by atoms with Crippen LogP contribution in [0.4, 0.5) is 0 Å². The van der Waals surface area contributed by atoms with Crippen molar-refractivity contribution in [2.45, 2.75) is 68.0 Å². The Bertz CT molecular complexity index is 874. The van der Waals surface area contributed by atoms with E-state index in [0.717, 1.165) is 13.2 Å². The molecule has 0 radical (unpaired) electrons. The molecule has 13 nitrogen and oxygen atoms in total. The van der Waals surface area contributed by atoms with Gasteiger partial charge in [-0.3, -0.25) is 0 Å². The summed E-state index contributed by atoms with van der Waals surface area (Å²) in [5.74, 6) is -2.81. The minimum atomic E-state index is -1.89. The fourth-order valence-corrected chi connectivity index (χ4v) is 4.22. The smallest absolute Gasteiger partial charge is 0.336 e. The molecule has 1 unspecified atom stereocenters. The van der Waals surface area contributed by atoms with Gasteiger partial charge in [0.05, 0.1) is 25.4 Å². The van der Waals surface area contributed by atoms with Gasteiger partial charge in [-0.2, -0.15) is 0 Å². The number of hydrogen-bond donors (Lipinski definition) is 9. The Labute approximate surface area is 187 Å². The third-order valence-electron chi connectivity index (χ3n) is 6.09. The molecule has 2 aliphatic rings. The fraction of sp³-hybridized carbons (Fsp3) is 0.650. The van der Waals surface area contributed by atoms with Gasteiger partial charge >= 0.3 is 5.97 Å². The molecule has 2 fully saturated rings. The third kappa shape index (κ3) is 4.27. The molecule has 3 rings (SSSR count). The third-order valence-corrected chi connectivity index (χ3v) is 6.09. The van der Waals surface area contributed by atoms with Gasteiger partial charge < -0.3 is 60.2 Å². The number of phenolic OH excluding ortho intramolecular Hbond substituents is 1. The van der Waals surface area contributed by atoms with E-state index in [2.05, 4.69) is 0 Å². The van der Waals surface area contributed by atoms with Crippen molar-refractivity contribution in [1.29, 1.82) is 0 Å². The second kappa shape index (κ2) is 9.66. The zero-order valence-electron chi connectivity index (χ0n) is 17.7. The van der Waals surface area contributed by atoms with Gasteiger partial charge in [0.2, 0.25) is 0 Å². The second-order valence-electron chi connectivity index (χ2n) is 8.10. The van der Waals surface area contributed by atoms with Crippen LogP contribution < -0.4 is 4.74 Å². The standard InChI is InChI=1S/C20H28O13/c1-5-10(22)13(25)15(27)18(32-5)7-3-6(20(29)30)9(12(24)17(7)31-2)19-16(28)14(26)11(23)8(4-21)33-19/h3,5,8,10-11,13-16,18-19,21-28H,4H2,1-2H3,(H,29,30)/t5-,8+,10-,11+,13+,14-,15+,16+,18-,19?/m0/s1. The van der Waals surface area contributed by atoms with Crippen LogP contribution in [-0.2, 0) is 9.47 Å². The topological polar surface area (TPSA) is 227 Å². The van der Waals surface area contributed by atoms with E-state index in [0.29, 0.717) is 0 Å². The summed E-state index contributed by atoms with van der Waals surface area (Å²) in [4.78, 5) is 12.1. The van der Waals surface area contributed by atoms with Crippen LogP contribution in [0.2, 0.25) is 0 Å². The van der Waals surface area contributed by atoms with Crippen LogP contribution in [0, 0.1) is 0 Å². The van der Waals surface area contributed by atoms with Crippen molar-refractivity contribution in [3.63, 3.8) is 0 Å². The fourth-order valence-electron chi connectivity index (χ4n) is 4.22. The Kier molecular flexibility index (Phi) is 7.48. The van der Waals surface area contributed by atoms with Gasteiger partial charge in [-0.05, 0) is 13.0 Å². The lowest BCUT2D eigenvalue weighted by molar-refractivity contribution is -0.232. The molecule has 9 N–H and O–H groups in total. The maximum atomic E-state index is 12.1. The molecule has 33 heavy (non-hydrogen) atoms. The average molecular weight is 476 g/mol. The van der Waals surface area contributed by atoms with Crippen molar-refractivity contribution >= 4 is 5.97 Å². The number of aromatic carboxylic acids is 1. The van der Waals surface area contributed by atoms with Gasteiger partial charge in [0, 0.05) is 11.1 Å². The SMILES string of the molecule is COc1c([C@@H]2O[C@@H](C)[C@H](O)[C@@H](O)[C@H]2O)cc(C(=O)O)c(C2O[C@H](CO)[C@@H](O)[C@H](O)[C@H]2O)c1O. The molecule has 10 atom stereocenters. The monoisotopic (exact) mass is 476 g/mol. The lowest BCUT2D eigenvalue weighted by atomic mass is 9.85. The van der Waals surface area contributed by atoms with E-state index in [1.54, 1.807) is 0 Å². The van der Waals surface area contributed by atoms with Gasteiger partial charge in [-0.1, -0.05) is 0 Å². The number of phenols is 1. The Morgan fingerprint density at radius 2 is 1.52 bits per heavy atom. The highest BCUT2D eigenvalue weighted by Gasteiger charge is 2.48. The molecule has 0 aliphatic carbocycles. The summed E-state index contributed by atoms with van der Waals surface area (Å²) in [6.45, 7) is 0.638. The summed E-state index contributed by atoms with van der Waals surface area (Å²) >= 11 is 0. The van der Waals surface area contributed by atoms with E-state index in [1.807, 2.05) is 0 Å². The van der Waals surface area contributed by atoms with Crippen LogP contribution in [0.1, 0.15) is 40.6 Å². The quantitative estimate of drug-likeness (QED) is 0.209. The average Bonchev–Trinajstić information content (AvgIpc) is 2.78. The first-order chi connectivity index (χ1) is 15.5. The number of ether oxygens (including phenoxy) is 3. The molecule has 186 valence electrons. The first-order valence-electron chi connectivity index (χ1n) is 10.1. The summed E-state index contributed by atoms with van der Waals surface area (Å²) in [6.07, 6.45) is -15.7. The van der Waals surface area contributed by atoms with Crippen molar-refractivity contribution in [2.75, 3.05) is 13.7 Å². The van der Waals surface area contributed by atoms with Gasteiger partial charge in [0.15, 0.2) is 11.5 Å². The first-order valence-corrected chi connectivity index (χ1v) is 10.1. The highest BCUT2D eigenvalue weighted by molar-refractivity contribution is 5.91. The van der Waals surface area contributed by atoms with E-state index < -0.39 is 90.5 Å². The lowest BCUT2D eigenvalue weighted by Gasteiger charge is -2.42. The number of carbonyl (C=O) groups is 1. The van der Waals surface area contributed by atoms with Crippen molar-refractivity contribution in [3.8, 4) is 11.5 Å². The number of aliphatic hydroxyl groups is 7. The number of aliphatic hydroxyl groups excluding tert-OH is 7. The Hall–Kier alpha value is -2.07. The Morgan fingerprint density at radius 3 is 2.06 bits per heavy atom. The van der Waals surface area contributed by atoms with Gasteiger partial charge in [0.1, 0.15) is 54.9 Å². The number of benzene rings is 1. The number of aromatic hydroxyl groups is 1. The van der Waals surface area contributed by atoms with E-state index in [-0.39, 0.29) is 11.3 Å². The molecule has 2 saturated heterocycles. The van der Waals surface area contributed by atoms with Crippen LogP contribution in [0.3, 0.4) is 0 Å². The molecule has 1 aromatic rings. The van der Waals surface area contributed by atoms with Crippen LogP contribution >= 0.6 is 0 Å². The molecule has 0 aromatic heterocycles. The number of rotatable bonds is 5. The van der Waals surface area contributed by atoms with Crippen molar-refractivity contribution in [2.24, 2.45) is 0 Å². The molecule has 1 aromatic carbocycles. The Morgan fingerprint density at radius 1 is 0.939 bits per heavy atom. The van der Waals surface area contributed by atoms with Gasteiger partial charge in [0.25, 0.3) is 0 Å². The minimum Gasteiger partial charge on any atom is -0.504 e. The summed E-state index contributed by atoms with van der Waals surface area (Å²) in [6, 6.07) is 0.975. The van der Waals surface area contributed by atoms with E-state index in [1.165, 1.54) is 6.92 Å².